The highest BCUT2D eigenvalue weighted by Crippen LogP contribution is 2.20. The molecule has 0 spiro atoms. The number of anilines is 1. The summed E-state index contributed by atoms with van der Waals surface area (Å²) >= 11 is 0. The quantitative estimate of drug-likeness (QED) is 0.761. The SMILES string of the molecule is Fc1ccc(-c2cnc(CNc3ccccc3)[nH]2)cc1F. The third-order valence-corrected chi connectivity index (χ3v) is 3.09. The van der Waals surface area contributed by atoms with E-state index in [0.717, 1.165) is 23.6 Å². The predicted molar refractivity (Wildman–Crippen MR) is 77.7 cm³/mol. The molecule has 3 aromatic rings. The lowest BCUT2D eigenvalue weighted by atomic mass is 10.1. The van der Waals surface area contributed by atoms with E-state index in [1.807, 2.05) is 30.3 Å². The molecule has 0 aliphatic heterocycles. The second-order valence-electron chi connectivity index (χ2n) is 4.59. The van der Waals surface area contributed by atoms with Gasteiger partial charge in [-0.05, 0) is 30.3 Å². The van der Waals surface area contributed by atoms with Gasteiger partial charge in [0, 0.05) is 11.3 Å². The van der Waals surface area contributed by atoms with Crippen LogP contribution < -0.4 is 5.32 Å². The molecule has 0 amide bonds. The van der Waals surface area contributed by atoms with Crippen LogP contribution in [0, 0.1) is 11.6 Å². The van der Waals surface area contributed by atoms with Crippen molar-refractivity contribution < 1.29 is 8.78 Å². The molecule has 0 saturated carbocycles. The van der Waals surface area contributed by atoms with Crippen LogP contribution in [-0.4, -0.2) is 9.97 Å². The standard InChI is InChI=1S/C16H13F2N3/c17-13-7-6-11(8-14(13)18)15-9-20-16(21-15)10-19-12-4-2-1-3-5-12/h1-9,19H,10H2,(H,20,21). The molecule has 0 fully saturated rings. The number of imidazole rings is 1. The van der Waals surface area contributed by atoms with Crippen LogP contribution in [0.4, 0.5) is 14.5 Å². The third kappa shape index (κ3) is 3.08. The third-order valence-electron chi connectivity index (χ3n) is 3.09. The molecular formula is C16H13F2N3. The lowest BCUT2D eigenvalue weighted by Crippen LogP contribution is -2.00. The normalized spacial score (nSPS) is 10.6. The number of hydrogen-bond acceptors (Lipinski definition) is 2. The van der Waals surface area contributed by atoms with E-state index in [4.69, 9.17) is 0 Å². The molecule has 2 N–H and O–H groups in total. The Morgan fingerprint density at radius 1 is 1.00 bits per heavy atom. The molecule has 1 heterocycles. The Bertz CT molecular complexity index is 738. The number of aromatic nitrogens is 2. The van der Waals surface area contributed by atoms with Crippen LogP contribution in [0.15, 0.2) is 54.7 Å². The molecule has 21 heavy (non-hydrogen) atoms. The van der Waals surface area contributed by atoms with Gasteiger partial charge in [0.1, 0.15) is 5.82 Å². The van der Waals surface area contributed by atoms with Crippen LogP contribution in [0.5, 0.6) is 0 Å². The van der Waals surface area contributed by atoms with Gasteiger partial charge in [-0.2, -0.15) is 0 Å². The van der Waals surface area contributed by atoms with Crippen LogP contribution in [0.1, 0.15) is 5.82 Å². The van der Waals surface area contributed by atoms with Crippen molar-refractivity contribution in [1.29, 1.82) is 0 Å². The number of nitrogens with one attached hydrogen (secondary N) is 2. The van der Waals surface area contributed by atoms with Gasteiger partial charge in [-0.15, -0.1) is 0 Å². The first-order valence-corrected chi connectivity index (χ1v) is 6.50. The fourth-order valence-electron chi connectivity index (χ4n) is 2.00. The average Bonchev–Trinajstić information content (AvgIpc) is 2.98. The van der Waals surface area contributed by atoms with E-state index in [1.165, 1.54) is 6.07 Å². The number of nitrogens with zero attached hydrogens (tertiary/aromatic N) is 1. The number of benzene rings is 2. The molecule has 106 valence electrons. The molecule has 0 unspecified atom stereocenters. The Balaban J connectivity index is 1.72. The van der Waals surface area contributed by atoms with Gasteiger partial charge in [-0.1, -0.05) is 18.2 Å². The number of H-pyrrole nitrogens is 1. The van der Waals surface area contributed by atoms with E-state index in [1.54, 1.807) is 6.20 Å². The van der Waals surface area contributed by atoms with Crippen molar-refractivity contribution in [3.63, 3.8) is 0 Å². The highest BCUT2D eigenvalue weighted by molar-refractivity contribution is 5.58. The van der Waals surface area contributed by atoms with Crippen LogP contribution in [0.3, 0.4) is 0 Å². The molecule has 0 atom stereocenters. The van der Waals surface area contributed by atoms with Gasteiger partial charge in [0.25, 0.3) is 0 Å². The zero-order valence-corrected chi connectivity index (χ0v) is 11.1. The van der Waals surface area contributed by atoms with Crippen LogP contribution in [0.25, 0.3) is 11.3 Å². The zero-order chi connectivity index (χ0) is 14.7. The fraction of sp³-hybridized carbons (Fsp3) is 0.0625. The number of para-hydroxylation sites is 1. The van der Waals surface area contributed by atoms with Crippen LogP contribution >= 0.6 is 0 Å². The first-order chi connectivity index (χ1) is 10.2. The van der Waals surface area contributed by atoms with Gasteiger partial charge in [-0.25, -0.2) is 13.8 Å². The number of hydrogen-bond donors (Lipinski definition) is 2. The Morgan fingerprint density at radius 2 is 1.81 bits per heavy atom. The number of rotatable bonds is 4. The molecule has 2 aromatic carbocycles. The maximum absolute atomic E-state index is 13.2. The maximum atomic E-state index is 13.2. The van der Waals surface area contributed by atoms with Crippen molar-refractivity contribution in [1.82, 2.24) is 9.97 Å². The molecular weight excluding hydrogens is 272 g/mol. The first kappa shape index (κ1) is 13.3. The second-order valence-corrected chi connectivity index (χ2v) is 4.59. The van der Waals surface area contributed by atoms with E-state index in [9.17, 15) is 8.78 Å². The Kier molecular flexibility index (Phi) is 3.64. The summed E-state index contributed by atoms with van der Waals surface area (Å²) in [6, 6.07) is 13.5. The Morgan fingerprint density at radius 3 is 2.57 bits per heavy atom. The highest BCUT2D eigenvalue weighted by Gasteiger charge is 2.07. The zero-order valence-electron chi connectivity index (χ0n) is 11.1. The molecule has 1 aromatic heterocycles. The summed E-state index contributed by atoms with van der Waals surface area (Å²) in [6.07, 6.45) is 1.61. The van der Waals surface area contributed by atoms with Crippen LogP contribution in [0.2, 0.25) is 0 Å². The molecule has 0 bridgehead atoms. The van der Waals surface area contributed by atoms with Crippen molar-refractivity contribution in [3.8, 4) is 11.3 Å². The lowest BCUT2D eigenvalue weighted by Gasteiger charge is -2.03. The topological polar surface area (TPSA) is 40.7 Å². The summed E-state index contributed by atoms with van der Waals surface area (Å²) < 4.78 is 26.1. The maximum Gasteiger partial charge on any atom is 0.159 e. The minimum atomic E-state index is -0.869. The summed E-state index contributed by atoms with van der Waals surface area (Å²) in [6.45, 7) is 0.522. The molecule has 0 aliphatic carbocycles. The van der Waals surface area contributed by atoms with E-state index >= 15 is 0 Å². The summed E-state index contributed by atoms with van der Waals surface area (Å²) in [4.78, 5) is 7.31. The van der Waals surface area contributed by atoms with Crippen molar-refractivity contribution in [2.24, 2.45) is 0 Å². The summed E-state index contributed by atoms with van der Waals surface area (Å²) in [5.74, 6) is -1.01. The minimum Gasteiger partial charge on any atom is -0.378 e. The van der Waals surface area contributed by atoms with Gasteiger partial charge in [0.15, 0.2) is 11.6 Å². The summed E-state index contributed by atoms with van der Waals surface area (Å²) in [7, 11) is 0. The Hall–Kier alpha value is -2.69. The summed E-state index contributed by atoms with van der Waals surface area (Å²) in [5.41, 5.74) is 2.20. The van der Waals surface area contributed by atoms with Gasteiger partial charge < -0.3 is 10.3 Å². The van der Waals surface area contributed by atoms with E-state index in [-0.39, 0.29) is 0 Å². The number of aromatic amines is 1. The van der Waals surface area contributed by atoms with Crippen molar-refractivity contribution >= 4 is 5.69 Å². The first-order valence-electron chi connectivity index (χ1n) is 6.50. The van der Waals surface area contributed by atoms with Gasteiger partial charge in [0.2, 0.25) is 0 Å². The van der Waals surface area contributed by atoms with Gasteiger partial charge in [-0.3, -0.25) is 0 Å². The largest absolute Gasteiger partial charge is 0.378 e. The average molecular weight is 285 g/mol. The predicted octanol–water partition coefficient (Wildman–Crippen LogP) is 3.97. The summed E-state index contributed by atoms with van der Waals surface area (Å²) in [5, 5.41) is 3.22. The smallest absolute Gasteiger partial charge is 0.159 e. The molecule has 0 saturated heterocycles. The molecule has 0 aliphatic rings. The van der Waals surface area contributed by atoms with E-state index in [0.29, 0.717) is 17.8 Å². The van der Waals surface area contributed by atoms with E-state index in [2.05, 4.69) is 15.3 Å². The lowest BCUT2D eigenvalue weighted by molar-refractivity contribution is 0.509. The molecule has 3 nitrogen and oxygen atoms in total. The second kappa shape index (κ2) is 5.75. The van der Waals surface area contributed by atoms with Crippen LogP contribution in [-0.2, 0) is 6.54 Å². The molecule has 3 rings (SSSR count). The highest BCUT2D eigenvalue weighted by atomic mass is 19.2. The number of halogens is 2. The van der Waals surface area contributed by atoms with Crippen molar-refractivity contribution in [2.45, 2.75) is 6.54 Å². The van der Waals surface area contributed by atoms with Crippen molar-refractivity contribution in [2.75, 3.05) is 5.32 Å². The minimum absolute atomic E-state index is 0.522. The molecule has 5 heteroatoms. The fourth-order valence-corrected chi connectivity index (χ4v) is 2.00. The Labute approximate surface area is 120 Å². The van der Waals surface area contributed by atoms with E-state index < -0.39 is 11.6 Å². The monoisotopic (exact) mass is 285 g/mol. The van der Waals surface area contributed by atoms with Gasteiger partial charge in [0.05, 0.1) is 18.4 Å². The molecule has 0 radical (unpaired) electrons. The van der Waals surface area contributed by atoms with Gasteiger partial charge >= 0.3 is 0 Å². The van der Waals surface area contributed by atoms with Crippen molar-refractivity contribution in [3.05, 3.63) is 72.2 Å².